The van der Waals surface area contributed by atoms with Gasteiger partial charge in [0.05, 0.1) is 6.54 Å². The molecule has 1 saturated carbocycles. The van der Waals surface area contributed by atoms with Crippen LogP contribution in [0.2, 0.25) is 0 Å². The minimum atomic E-state index is 0.131. The Morgan fingerprint density at radius 2 is 2.31 bits per heavy atom. The van der Waals surface area contributed by atoms with Crippen molar-refractivity contribution in [1.82, 2.24) is 10.2 Å². The molecule has 2 aliphatic rings. The van der Waals surface area contributed by atoms with Gasteiger partial charge in [0.1, 0.15) is 6.17 Å². The molecular formula is C12H16N2OS. The molecule has 1 saturated heterocycles. The lowest BCUT2D eigenvalue weighted by Gasteiger charge is -2.23. The van der Waals surface area contributed by atoms with Gasteiger partial charge in [-0.1, -0.05) is 0 Å². The van der Waals surface area contributed by atoms with E-state index in [-0.39, 0.29) is 12.1 Å². The van der Waals surface area contributed by atoms with Gasteiger partial charge in [-0.3, -0.25) is 10.1 Å². The minimum absolute atomic E-state index is 0.131. The standard InChI is InChI=1S/C12H16N2OS/c1-8-2-5-10(16-8)12-13-6-11(15)14(12)7-9-3-4-9/h2,5,9,12-13H,3-4,6-7H2,1H3. The van der Waals surface area contributed by atoms with E-state index in [0.717, 1.165) is 12.5 Å². The zero-order valence-electron chi connectivity index (χ0n) is 9.40. The lowest BCUT2D eigenvalue weighted by atomic mass is 10.3. The van der Waals surface area contributed by atoms with Crippen LogP contribution in [0, 0.1) is 12.8 Å². The maximum Gasteiger partial charge on any atom is 0.238 e. The van der Waals surface area contributed by atoms with Gasteiger partial charge in [-0.2, -0.15) is 0 Å². The van der Waals surface area contributed by atoms with Gasteiger partial charge in [-0.05, 0) is 37.8 Å². The van der Waals surface area contributed by atoms with Crippen LogP contribution in [-0.4, -0.2) is 23.9 Å². The lowest BCUT2D eigenvalue weighted by molar-refractivity contribution is -0.128. The van der Waals surface area contributed by atoms with Crippen molar-refractivity contribution in [2.75, 3.05) is 13.1 Å². The summed E-state index contributed by atoms with van der Waals surface area (Å²) in [5, 5.41) is 3.31. The van der Waals surface area contributed by atoms with Gasteiger partial charge in [0.25, 0.3) is 0 Å². The van der Waals surface area contributed by atoms with Crippen LogP contribution in [0.5, 0.6) is 0 Å². The van der Waals surface area contributed by atoms with E-state index in [2.05, 4.69) is 24.4 Å². The number of carbonyl (C=O) groups excluding carboxylic acids is 1. The number of carbonyl (C=O) groups is 1. The van der Waals surface area contributed by atoms with Gasteiger partial charge < -0.3 is 4.90 Å². The van der Waals surface area contributed by atoms with Gasteiger partial charge >= 0.3 is 0 Å². The van der Waals surface area contributed by atoms with Crippen LogP contribution in [0.1, 0.15) is 28.8 Å². The molecule has 1 N–H and O–H groups in total. The monoisotopic (exact) mass is 236 g/mol. The van der Waals surface area contributed by atoms with Crippen molar-refractivity contribution in [3.63, 3.8) is 0 Å². The fourth-order valence-electron chi connectivity index (χ4n) is 2.18. The Morgan fingerprint density at radius 1 is 1.50 bits per heavy atom. The first-order valence-electron chi connectivity index (χ1n) is 5.83. The number of hydrogen-bond donors (Lipinski definition) is 1. The molecule has 0 aromatic carbocycles. The molecule has 1 aromatic heterocycles. The third-order valence-electron chi connectivity index (χ3n) is 3.26. The number of nitrogens with zero attached hydrogens (tertiary/aromatic N) is 1. The van der Waals surface area contributed by atoms with E-state index in [9.17, 15) is 4.79 Å². The topological polar surface area (TPSA) is 32.3 Å². The van der Waals surface area contributed by atoms with Crippen molar-refractivity contribution in [3.8, 4) is 0 Å². The van der Waals surface area contributed by atoms with E-state index in [1.54, 1.807) is 11.3 Å². The third-order valence-corrected chi connectivity index (χ3v) is 4.31. The Labute approximate surface area is 99.5 Å². The van der Waals surface area contributed by atoms with E-state index < -0.39 is 0 Å². The van der Waals surface area contributed by atoms with Crippen LogP contribution in [0.25, 0.3) is 0 Å². The van der Waals surface area contributed by atoms with E-state index in [1.165, 1.54) is 22.6 Å². The van der Waals surface area contributed by atoms with Crippen molar-refractivity contribution in [2.24, 2.45) is 5.92 Å². The van der Waals surface area contributed by atoms with Crippen LogP contribution >= 0.6 is 11.3 Å². The first-order chi connectivity index (χ1) is 7.74. The highest BCUT2D eigenvalue weighted by Crippen LogP contribution is 2.35. The molecule has 1 atom stereocenters. The highest BCUT2D eigenvalue weighted by atomic mass is 32.1. The molecule has 1 amide bonds. The molecule has 3 nitrogen and oxygen atoms in total. The van der Waals surface area contributed by atoms with Crippen molar-refractivity contribution >= 4 is 17.2 Å². The smallest absolute Gasteiger partial charge is 0.238 e. The summed E-state index contributed by atoms with van der Waals surface area (Å²) in [4.78, 5) is 16.4. The van der Waals surface area contributed by atoms with Crippen molar-refractivity contribution in [3.05, 3.63) is 21.9 Å². The summed E-state index contributed by atoms with van der Waals surface area (Å²) in [5.74, 6) is 1.01. The van der Waals surface area contributed by atoms with Gasteiger partial charge in [0, 0.05) is 16.3 Å². The summed E-state index contributed by atoms with van der Waals surface area (Å²) >= 11 is 1.78. The summed E-state index contributed by atoms with van der Waals surface area (Å²) in [6.07, 6.45) is 2.71. The van der Waals surface area contributed by atoms with Gasteiger partial charge in [-0.15, -0.1) is 11.3 Å². The summed E-state index contributed by atoms with van der Waals surface area (Å²) in [6.45, 7) is 3.54. The molecule has 2 heterocycles. The average molecular weight is 236 g/mol. The second kappa shape index (κ2) is 3.86. The van der Waals surface area contributed by atoms with E-state index in [1.807, 2.05) is 4.90 Å². The molecule has 0 radical (unpaired) electrons. The fraction of sp³-hybridized carbons (Fsp3) is 0.583. The summed E-state index contributed by atoms with van der Waals surface area (Å²) < 4.78 is 0. The van der Waals surface area contributed by atoms with Crippen molar-refractivity contribution in [2.45, 2.75) is 25.9 Å². The Balaban J connectivity index is 1.79. The number of amides is 1. The van der Waals surface area contributed by atoms with Crippen molar-refractivity contribution in [1.29, 1.82) is 0 Å². The average Bonchev–Trinajstić information content (AvgIpc) is 2.87. The lowest BCUT2D eigenvalue weighted by Crippen LogP contribution is -2.31. The molecule has 1 unspecified atom stereocenters. The number of hydrogen-bond acceptors (Lipinski definition) is 3. The van der Waals surface area contributed by atoms with E-state index >= 15 is 0 Å². The molecule has 0 bridgehead atoms. The zero-order valence-corrected chi connectivity index (χ0v) is 10.2. The number of thiophene rings is 1. The molecule has 1 aromatic rings. The fourth-order valence-corrected chi connectivity index (χ4v) is 3.15. The predicted octanol–water partition coefficient (Wildman–Crippen LogP) is 1.90. The van der Waals surface area contributed by atoms with Gasteiger partial charge in [0.15, 0.2) is 0 Å². The molecule has 1 aliphatic heterocycles. The first kappa shape index (κ1) is 10.3. The third kappa shape index (κ3) is 1.87. The van der Waals surface area contributed by atoms with Crippen LogP contribution in [0.4, 0.5) is 0 Å². The van der Waals surface area contributed by atoms with Gasteiger partial charge in [-0.25, -0.2) is 0 Å². The molecule has 0 spiro atoms. The van der Waals surface area contributed by atoms with Crippen LogP contribution in [0.15, 0.2) is 12.1 Å². The number of nitrogens with one attached hydrogen (secondary N) is 1. The Bertz CT molecular complexity index is 411. The zero-order chi connectivity index (χ0) is 11.1. The Kier molecular flexibility index (Phi) is 2.48. The quantitative estimate of drug-likeness (QED) is 0.869. The number of rotatable bonds is 3. The molecule has 1 aliphatic carbocycles. The van der Waals surface area contributed by atoms with E-state index in [0.29, 0.717) is 6.54 Å². The SMILES string of the molecule is Cc1ccc(C2NCC(=O)N2CC2CC2)s1. The Morgan fingerprint density at radius 3 is 2.94 bits per heavy atom. The normalized spacial score (nSPS) is 25.4. The summed E-state index contributed by atoms with van der Waals surface area (Å²) in [6, 6.07) is 4.26. The maximum absolute atomic E-state index is 11.8. The second-order valence-electron chi connectivity index (χ2n) is 4.72. The summed E-state index contributed by atoms with van der Waals surface area (Å²) in [7, 11) is 0. The predicted molar refractivity (Wildman–Crippen MR) is 64.2 cm³/mol. The molecule has 16 heavy (non-hydrogen) atoms. The van der Waals surface area contributed by atoms with Gasteiger partial charge in [0.2, 0.25) is 5.91 Å². The summed E-state index contributed by atoms with van der Waals surface area (Å²) in [5.41, 5.74) is 0. The minimum Gasteiger partial charge on any atom is -0.321 e. The first-order valence-corrected chi connectivity index (χ1v) is 6.65. The van der Waals surface area contributed by atoms with Crippen LogP contribution in [-0.2, 0) is 4.79 Å². The molecule has 3 rings (SSSR count). The molecule has 86 valence electrons. The van der Waals surface area contributed by atoms with Crippen LogP contribution in [0.3, 0.4) is 0 Å². The molecular weight excluding hydrogens is 220 g/mol. The highest BCUT2D eigenvalue weighted by molar-refractivity contribution is 7.12. The maximum atomic E-state index is 11.8. The second-order valence-corrected chi connectivity index (χ2v) is 6.04. The van der Waals surface area contributed by atoms with E-state index in [4.69, 9.17) is 0 Å². The molecule has 4 heteroatoms. The largest absolute Gasteiger partial charge is 0.321 e. The highest BCUT2D eigenvalue weighted by Gasteiger charge is 2.36. The number of aryl methyl sites for hydroxylation is 1. The Hall–Kier alpha value is -0.870. The molecule has 2 fully saturated rings. The van der Waals surface area contributed by atoms with Crippen LogP contribution < -0.4 is 5.32 Å². The van der Waals surface area contributed by atoms with Crippen molar-refractivity contribution < 1.29 is 4.79 Å².